The quantitative estimate of drug-likeness (QED) is 0.372. The maximum atomic E-state index is 12.6. The number of nitro benzene ring substituents is 1. The lowest BCUT2D eigenvalue weighted by Crippen LogP contribution is -2.22. The molecule has 0 aliphatic carbocycles. The number of thiazole rings is 1. The SMILES string of the molecule is CCc1ccc2c(c1)sc(=NC(=O)c1cccc([N+](=O)[O-])c1)n2CC(=O)OC. The average molecular weight is 399 g/mol. The van der Waals surface area contributed by atoms with E-state index in [1.807, 2.05) is 25.1 Å². The summed E-state index contributed by atoms with van der Waals surface area (Å²) in [6.07, 6.45) is 0.851. The maximum Gasteiger partial charge on any atom is 0.325 e. The molecule has 3 rings (SSSR count). The molecule has 0 spiro atoms. The summed E-state index contributed by atoms with van der Waals surface area (Å²) in [7, 11) is 1.29. The van der Waals surface area contributed by atoms with Gasteiger partial charge in [-0.15, -0.1) is 0 Å². The number of amides is 1. The molecule has 0 saturated carbocycles. The first-order valence-corrected chi connectivity index (χ1v) is 9.27. The van der Waals surface area contributed by atoms with Crippen molar-refractivity contribution >= 4 is 39.1 Å². The molecule has 0 radical (unpaired) electrons. The first-order valence-electron chi connectivity index (χ1n) is 8.45. The van der Waals surface area contributed by atoms with E-state index in [4.69, 9.17) is 4.74 Å². The van der Waals surface area contributed by atoms with Crippen LogP contribution in [0.4, 0.5) is 5.69 Å². The predicted molar refractivity (Wildman–Crippen MR) is 104 cm³/mol. The number of methoxy groups -OCH3 is 1. The number of aryl methyl sites for hydroxylation is 1. The van der Waals surface area contributed by atoms with E-state index < -0.39 is 16.8 Å². The van der Waals surface area contributed by atoms with Gasteiger partial charge in [-0.3, -0.25) is 19.7 Å². The number of benzene rings is 2. The molecular weight excluding hydrogens is 382 g/mol. The van der Waals surface area contributed by atoms with Crippen LogP contribution >= 0.6 is 11.3 Å². The topological polar surface area (TPSA) is 104 Å². The molecule has 0 aliphatic heterocycles. The van der Waals surface area contributed by atoms with E-state index in [-0.39, 0.29) is 17.8 Å². The zero-order valence-corrected chi connectivity index (χ0v) is 16.1. The van der Waals surface area contributed by atoms with Gasteiger partial charge < -0.3 is 9.30 Å². The summed E-state index contributed by atoms with van der Waals surface area (Å²) in [5.41, 5.74) is 1.80. The summed E-state index contributed by atoms with van der Waals surface area (Å²) in [5.74, 6) is -1.09. The summed E-state index contributed by atoms with van der Waals surface area (Å²) in [4.78, 5) is 39.2. The third-order valence-electron chi connectivity index (χ3n) is 4.17. The molecule has 0 bridgehead atoms. The molecule has 0 N–H and O–H groups in total. The maximum absolute atomic E-state index is 12.6. The zero-order chi connectivity index (χ0) is 20.3. The van der Waals surface area contributed by atoms with Crippen LogP contribution in [-0.2, 0) is 22.5 Å². The first kappa shape index (κ1) is 19.4. The largest absolute Gasteiger partial charge is 0.468 e. The minimum atomic E-state index is -0.621. The van der Waals surface area contributed by atoms with Crippen LogP contribution in [0.2, 0.25) is 0 Å². The lowest BCUT2D eigenvalue weighted by Gasteiger charge is -2.04. The number of hydrogen-bond acceptors (Lipinski definition) is 6. The second kappa shape index (κ2) is 8.13. The van der Waals surface area contributed by atoms with Gasteiger partial charge in [0.2, 0.25) is 0 Å². The summed E-state index contributed by atoms with van der Waals surface area (Å²) in [5, 5.41) is 10.9. The van der Waals surface area contributed by atoms with E-state index in [1.165, 1.54) is 42.7 Å². The smallest absolute Gasteiger partial charge is 0.325 e. The van der Waals surface area contributed by atoms with E-state index in [9.17, 15) is 19.7 Å². The van der Waals surface area contributed by atoms with Crippen LogP contribution in [0.25, 0.3) is 10.2 Å². The number of fused-ring (bicyclic) bond motifs is 1. The normalized spacial score (nSPS) is 11.6. The molecule has 0 unspecified atom stereocenters. The molecule has 1 aromatic heterocycles. The van der Waals surface area contributed by atoms with Crippen LogP contribution in [0.5, 0.6) is 0 Å². The van der Waals surface area contributed by atoms with Gasteiger partial charge in [0.15, 0.2) is 4.80 Å². The average Bonchev–Trinajstić information content (AvgIpc) is 3.03. The second-order valence-electron chi connectivity index (χ2n) is 5.93. The fourth-order valence-electron chi connectivity index (χ4n) is 2.67. The third-order valence-corrected chi connectivity index (χ3v) is 5.21. The van der Waals surface area contributed by atoms with Crippen LogP contribution in [0.15, 0.2) is 47.5 Å². The van der Waals surface area contributed by atoms with Gasteiger partial charge in [0.1, 0.15) is 6.54 Å². The summed E-state index contributed by atoms with van der Waals surface area (Å²) in [6.45, 7) is 1.94. The Morgan fingerprint density at radius 1 is 1.25 bits per heavy atom. The Kier molecular flexibility index (Phi) is 5.65. The molecule has 144 valence electrons. The standard InChI is InChI=1S/C19H17N3O5S/c1-3-12-7-8-15-16(9-12)28-19(21(15)11-17(23)27-2)20-18(24)13-5-4-6-14(10-13)22(25)26/h4-10H,3,11H2,1-2H3. The van der Waals surface area contributed by atoms with Crippen LogP contribution < -0.4 is 4.80 Å². The van der Waals surface area contributed by atoms with Gasteiger partial charge in [0.25, 0.3) is 11.6 Å². The Bertz CT molecular complexity index is 1150. The number of nitro groups is 1. The van der Waals surface area contributed by atoms with Gasteiger partial charge in [-0.25, -0.2) is 0 Å². The molecule has 0 saturated heterocycles. The van der Waals surface area contributed by atoms with Crippen molar-refractivity contribution in [3.8, 4) is 0 Å². The van der Waals surface area contributed by atoms with Crippen molar-refractivity contribution in [1.82, 2.24) is 4.57 Å². The number of hydrogen-bond donors (Lipinski definition) is 0. The van der Waals surface area contributed by atoms with E-state index in [0.717, 1.165) is 22.2 Å². The number of nitrogens with zero attached hydrogens (tertiary/aromatic N) is 3. The number of ether oxygens (including phenoxy) is 1. The van der Waals surface area contributed by atoms with Gasteiger partial charge in [-0.2, -0.15) is 4.99 Å². The molecule has 28 heavy (non-hydrogen) atoms. The van der Waals surface area contributed by atoms with Crippen LogP contribution in [0.1, 0.15) is 22.8 Å². The van der Waals surface area contributed by atoms with E-state index in [0.29, 0.717) is 4.80 Å². The lowest BCUT2D eigenvalue weighted by atomic mass is 10.2. The molecule has 3 aromatic rings. The predicted octanol–water partition coefficient (Wildman–Crippen LogP) is 3.09. The van der Waals surface area contributed by atoms with Crippen molar-refractivity contribution in [2.24, 2.45) is 4.99 Å². The van der Waals surface area contributed by atoms with Crippen molar-refractivity contribution in [2.75, 3.05) is 7.11 Å². The van der Waals surface area contributed by atoms with E-state index in [1.54, 1.807) is 4.57 Å². The number of carbonyl (C=O) groups is 2. The fourth-order valence-corrected chi connectivity index (χ4v) is 3.76. The zero-order valence-electron chi connectivity index (χ0n) is 15.2. The molecule has 9 heteroatoms. The summed E-state index contributed by atoms with van der Waals surface area (Å²) >= 11 is 1.27. The van der Waals surface area contributed by atoms with Crippen molar-refractivity contribution in [3.63, 3.8) is 0 Å². The second-order valence-corrected chi connectivity index (χ2v) is 6.94. The highest BCUT2D eigenvalue weighted by Crippen LogP contribution is 2.20. The van der Waals surface area contributed by atoms with Crippen molar-refractivity contribution < 1.29 is 19.2 Å². The molecule has 0 aliphatic rings. The minimum Gasteiger partial charge on any atom is -0.468 e. The monoisotopic (exact) mass is 399 g/mol. The molecule has 0 atom stereocenters. The van der Waals surface area contributed by atoms with Gasteiger partial charge in [-0.1, -0.05) is 30.4 Å². The van der Waals surface area contributed by atoms with Crippen molar-refractivity contribution in [2.45, 2.75) is 19.9 Å². The van der Waals surface area contributed by atoms with Gasteiger partial charge >= 0.3 is 5.97 Å². The van der Waals surface area contributed by atoms with Gasteiger partial charge in [0.05, 0.1) is 22.2 Å². The number of aromatic nitrogens is 1. The summed E-state index contributed by atoms with van der Waals surface area (Å²) < 4.78 is 7.24. The van der Waals surface area contributed by atoms with E-state index in [2.05, 4.69) is 4.99 Å². The highest BCUT2D eigenvalue weighted by Gasteiger charge is 2.14. The Labute approximate surface area is 163 Å². The first-order chi connectivity index (χ1) is 13.4. The Hall–Kier alpha value is -3.33. The Morgan fingerprint density at radius 2 is 2.04 bits per heavy atom. The third kappa shape index (κ3) is 3.99. The molecule has 8 nitrogen and oxygen atoms in total. The molecule has 0 fully saturated rings. The van der Waals surface area contributed by atoms with Crippen LogP contribution in [0, 0.1) is 10.1 Å². The van der Waals surface area contributed by atoms with Gasteiger partial charge in [-0.05, 0) is 30.2 Å². The number of rotatable bonds is 5. The molecule has 2 aromatic carbocycles. The molecule has 1 amide bonds. The number of non-ortho nitro benzene ring substituents is 1. The van der Waals surface area contributed by atoms with Crippen molar-refractivity contribution in [1.29, 1.82) is 0 Å². The lowest BCUT2D eigenvalue weighted by molar-refractivity contribution is -0.384. The van der Waals surface area contributed by atoms with Crippen LogP contribution in [-0.4, -0.2) is 28.5 Å². The Morgan fingerprint density at radius 3 is 2.71 bits per heavy atom. The van der Waals surface area contributed by atoms with Gasteiger partial charge in [0, 0.05) is 17.7 Å². The van der Waals surface area contributed by atoms with Crippen LogP contribution in [0.3, 0.4) is 0 Å². The fraction of sp³-hybridized carbons (Fsp3) is 0.211. The summed E-state index contributed by atoms with van der Waals surface area (Å²) in [6, 6.07) is 11.2. The Balaban J connectivity index is 2.13. The van der Waals surface area contributed by atoms with Crippen molar-refractivity contribution in [3.05, 3.63) is 68.5 Å². The van der Waals surface area contributed by atoms with E-state index >= 15 is 0 Å². The highest BCUT2D eigenvalue weighted by molar-refractivity contribution is 7.16. The number of esters is 1. The minimum absolute atomic E-state index is 0.0942. The molecular formula is C19H17N3O5S. The number of carbonyl (C=O) groups excluding carboxylic acids is 2. The molecule has 1 heterocycles. The highest BCUT2D eigenvalue weighted by atomic mass is 32.1.